The molecule has 0 aliphatic rings. The fourth-order valence-electron chi connectivity index (χ4n) is 1.97. The number of benzene rings is 2. The van der Waals surface area contributed by atoms with Crippen molar-refractivity contribution in [3.05, 3.63) is 48.0 Å². The largest absolute Gasteiger partial charge is 0.494 e. The topological polar surface area (TPSA) is 39.9 Å². The number of nitrogens with zero attached hydrogens (tertiary/aromatic N) is 3. The standard InChI is InChI=1S/C14H11Br2N3O/c1-20-13-7-6-9(14(15)16)8-12(13)19-17-10-4-2-3-5-11(10)18-19/h2-8,14H,1H3. The maximum atomic E-state index is 5.40. The first-order valence-corrected chi connectivity index (χ1v) is 7.81. The molecule has 0 aliphatic carbocycles. The lowest BCUT2D eigenvalue weighted by Crippen LogP contribution is -2.02. The van der Waals surface area contributed by atoms with Gasteiger partial charge in [0.2, 0.25) is 0 Å². The Labute approximate surface area is 133 Å². The van der Waals surface area contributed by atoms with Crippen LogP contribution in [0.3, 0.4) is 0 Å². The second-order valence-corrected chi connectivity index (χ2v) is 7.27. The summed E-state index contributed by atoms with van der Waals surface area (Å²) in [4.78, 5) is 1.61. The lowest BCUT2D eigenvalue weighted by Gasteiger charge is -2.10. The molecule has 2 aromatic carbocycles. The molecule has 0 fully saturated rings. The zero-order valence-electron chi connectivity index (χ0n) is 10.6. The summed E-state index contributed by atoms with van der Waals surface area (Å²) in [6.45, 7) is 0. The third-order valence-electron chi connectivity index (χ3n) is 2.96. The van der Waals surface area contributed by atoms with E-state index in [1.165, 1.54) is 0 Å². The van der Waals surface area contributed by atoms with Gasteiger partial charge >= 0.3 is 0 Å². The second kappa shape index (κ2) is 5.54. The number of hydrogen-bond donors (Lipinski definition) is 0. The minimum atomic E-state index is 0.0737. The van der Waals surface area contributed by atoms with Crippen LogP contribution >= 0.6 is 31.9 Å². The van der Waals surface area contributed by atoms with Crippen LogP contribution in [0.15, 0.2) is 42.5 Å². The number of ether oxygens (including phenoxy) is 1. The monoisotopic (exact) mass is 395 g/mol. The third-order valence-corrected chi connectivity index (χ3v) is 4.01. The Morgan fingerprint density at radius 1 is 1.05 bits per heavy atom. The van der Waals surface area contributed by atoms with Gasteiger partial charge in [0.15, 0.2) is 0 Å². The van der Waals surface area contributed by atoms with E-state index in [9.17, 15) is 0 Å². The smallest absolute Gasteiger partial charge is 0.146 e. The molecule has 0 spiro atoms. The van der Waals surface area contributed by atoms with Crippen LogP contribution in [0, 0.1) is 0 Å². The van der Waals surface area contributed by atoms with Gasteiger partial charge in [-0.25, -0.2) is 0 Å². The lowest BCUT2D eigenvalue weighted by atomic mass is 10.2. The van der Waals surface area contributed by atoms with Crippen molar-refractivity contribution in [2.75, 3.05) is 7.11 Å². The van der Waals surface area contributed by atoms with Gasteiger partial charge in [0, 0.05) is 0 Å². The molecule has 4 nitrogen and oxygen atoms in total. The predicted molar refractivity (Wildman–Crippen MR) is 86.0 cm³/mol. The third kappa shape index (κ3) is 2.45. The van der Waals surface area contributed by atoms with Crippen molar-refractivity contribution < 1.29 is 4.74 Å². The number of hydrogen-bond acceptors (Lipinski definition) is 3. The number of methoxy groups -OCH3 is 1. The van der Waals surface area contributed by atoms with Gasteiger partial charge in [0.25, 0.3) is 0 Å². The van der Waals surface area contributed by atoms with Crippen molar-refractivity contribution in [3.63, 3.8) is 0 Å². The van der Waals surface area contributed by atoms with Gasteiger partial charge in [0.1, 0.15) is 22.5 Å². The van der Waals surface area contributed by atoms with Gasteiger partial charge in [0.05, 0.1) is 10.8 Å². The minimum absolute atomic E-state index is 0.0737. The molecule has 6 heteroatoms. The summed E-state index contributed by atoms with van der Waals surface area (Å²) in [6, 6.07) is 13.7. The summed E-state index contributed by atoms with van der Waals surface area (Å²) in [5.41, 5.74) is 3.59. The number of fused-ring (bicyclic) bond motifs is 1. The summed E-state index contributed by atoms with van der Waals surface area (Å²) in [5.74, 6) is 0.731. The molecule has 1 heterocycles. The molecule has 0 unspecified atom stereocenters. The Morgan fingerprint density at radius 3 is 2.25 bits per heavy atom. The summed E-state index contributed by atoms with van der Waals surface area (Å²) < 4.78 is 5.47. The van der Waals surface area contributed by atoms with E-state index in [1.807, 2.05) is 42.5 Å². The molecule has 0 amide bonds. The van der Waals surface area contributed by atoms with E-state index in [4.69, 9.17) is 4.74 Å². The van der Waals surface area contributed by atoms with E-state index < -0.39 is 0 Å². The minimum Gasteiger partial charge on any atom is -0.494 e. The van der Waals surface area contributed by atoms with Crippen molar-refractivity contribution in [1.82, 2.24) is 15.0 Å². The van der Waals surface area contributed by atoms with E-state index in [0.29, 0.717) is 0 Å². The summed E-state index contributed by atoms with van der Waals surface area (Å²) in [6.07, 6.45) is 0. The van der Waals surface area contributed by atoms with Crippen molar-refractivity contribution >= 4 is 42.9 Å². The molecule has 20 heavy (non-hydrogen) atoms. The Hall–Kier alpha value is -1.40. The van der Waals surface area contributed by atoms with Gasteiger partial charge in [-0.3, -0.25) is 0 Å². The Morgan fingerprint density at radius 2 is 1.70 bits per heavy atom. The fourth-order valence-corrected chi connectivity index (χ4v) is 2.54. The molecule has 0 atom stereocenters. The molecule has 0 bridgehead atoms. The summed E-state index contributed by atoms with van der Waals surface area (Å²) in [7, 11) is 1.64. The van der Waals surface area contributed by atoms with Crippen LogP contribution in [0.25, 0.3) is 16.7 Å². The molecule has 1 aromatic heterocycles. The van der Waals surface area contributed by atoms with Gasteiger partial charge < -0.3 is 4.74 Å². The van der Waals surface area contributed by atoms with Crippen LogP contribution in [-0.4, -0.2) is 22.1 Å². The first-order valence-electron chi connectivity index (χ1n) is 5.97. The molecule has 0 saturated carbocycles. The van der Waals surface area contributed by atoms with E-state index in [1.54, 1.807) is 11.9 Å². The number of halogens is 2. The number of aromatic nitrogens is 3. The SMILES string of the molecule is COc1ccc(C(Br)Br)cc1-n1nc2ccccc2n1. The van der Waals surface area contributed by atoms with Crippen LogP contribution < -0.4 is 4.74 Å². The maximum absolute atomic E-state index is 5.40. The van der Waals surface area contributed by atoms with Gasteiger partial charge in [-0.15, -0.1) is 15.0 Å². The second-order valence-electron chi connectivity index (χ2n) is 4.21. The molecule has 0 radical (unpaired) electrons. The Kier molecular flexibility index (Phi) is 3.76. The van der Waals surface area contributed by atoms with Crippen molar-refractivity contribution in [3.8, 4) is 11.4 Å². The summed E-state index contributed by atoms with van der Waals surface area (Å²) >= 11 is 6.99. The molecule has 102 valence electrons. The van der Waals surface area contributed by atoms with Crippen LogP contribution in [0.1, 0.15) is 9.30 Å². The molecule has 3 rings (SSSR count). The number of alkyl halides is 2. The summed E-state index contributed by atoms with van der Waals surface area (Å²) in [5, 5.41) is 8.97. The molecule has 3 aromatic rings. The zero-order chi connectivity index (χ0) is 14.1. The first kappa shape index (κ1) is 13.6. The predicted octanol–water partition coefficient (Wildman–Crippen LogP) is 4.22. The Balaban J connectivity index is 2.18. The van der Waals surface area contributed by atoms with Crippen LogP contribution in [0.4, 0.5) is 0 Å². The molecular formula is C14H11Br2N3O. The Bertz CT molecular complexity index is 722. The highest BCUT2D eigenvalue weighted by atomic mass is 79.9. The average molecular weight is 397 g/mol. The molecule has 0 N–H and O–H groups in total. The molecule has 0 aliphatic heterocycles. The zero-order valence-corrected chi connectivity index (χ0v) is 13.8. The quantitative estimate of drug-likeness (QED) is 0.622. The normalized spacial score (nSPS) is 11.2. The number of rotatable bonds is 3. The van der Waals surface area contributed by atoms with Gasteiger partial charge in [-0.2, -0.15) is 0 Å². The average Bonchev–Trinajstić information content (AvgIpc) is 2.90. The highest BCUT2D eigenvalue weighted by molar-refractivity contribution is 9.24. The van der Waals surface area contributed by atoms with Crippen molar-refractivity contribution in [1.29, 1.82) is 0 Å². The van der Waals surface area contributed by atoms with E-state index >= 15 is 0 Å². The van der Waals surface area contributed by atoms with Crippen LogP contribution in [-0.2, 0) is 0 Å². The van der Waals surface area contributed by atoms with Gasteiger partial charge in [-0.05, 0) is 29.8 Å². The van der Waals surface area contributed by atoms with E-state index in [2.05, 4.69) is 42.1 Å². The lowest BCUT2D eigenvalue weighted by molar-refractivity contribution is 0.410. The van der Waals surface area contributed by atoms with Crippen LogP contribution in [0.5, 0.6) is 5.75 Å². The maximum Gasteiger partial charge on any atom is 0.146 e. The highest BCUT2D eigenvalue weighted by Crippen LogP contribution is 2.33. The molecule has 0 saturated heterocycles. The van der Waals surface area contributed by atoms with Crippen molar-refractivity contribution in [2.24, 2.45) is 0 Å². The fraction of sp³-hybridized carbons (Fsp3) is 0.143. The van der Waals surface area contributed by atoms with Crippen molar-refractivity contribution in [2.45, 2.75) is 3.74 Å². The first-order chi connectivity index (χ1) is 9.69. The van der Waals surface area contributed by atoms with Gasteiger partial charge in [-0.1, -0.05) is 50.1 Å². The molecular weight excluding hydrogens is 386 g/mol. The van der Waals surface area contributed by atoms with E-state index in [-0.39, 0.29) is 3.74 Å². The van der Waals surface area contributed by atoms with E-state index in [0.717, 1.165) is 28.0 Å². The highest BCUT2D eigenvalue weighted by Gasteiger charge is 2.12. The van der Waals surface area contributed by atoms with Crippen LogP contribution in [0.2, 0.25) is 0 Å².